The first-order valence-electron chi connectivity index (χ1n) is 6.23. The smallest absolute Gasteiger partial charge is 0.326 e. The van der Waals surface area contributed by atoms with E-state index in [1.54, 1.807) is 12.1 Å². The number of ether oxygens (including phenoxy) is 1. The summed E-state index contributed by atoms with van der Waals surface area (Å²) in [7, 11) is 3.06. The number of rotatable bonds is 4. The number of hydrogen-bond acceptors (Lipinski definition) is 5. The minimum absolute atomic E-state index is 0.264. The van der Waals surface area contributed by atoms with Crippen LogP contribution in [0.5, 0.6) is 0 Å². The van der Waals surface area contributed by atoms with E-state index in [0.29, 0.717) is 0 Å². The van der Waals surface area contributed by atoms with Gasteiger partial charge in [0.1, 0.15) is 6.54 Å². The lowest BCUT2D eigenvalue weighted by atomic mass is 10.1. The van der Waals surface area contributed by atoms with E-state index in [9.17, 15) is 19.2 Å². The van der Waals surface area contributed by atoms with E-state index in [0.717, 1.165) is 4.90 Å². The first kappa shape index (κ1) is 14.7. The molecule has 0 fully saturated rings. The van der Waals surface area contributed by atoms with Gasteiger partial charge in [-0.2, -0.15) is 0 Å². The summed E-state index contributed by atoms with van der Waals surface area (Å²) in [5, 5.41) is 0. The van der Waals surface area contributed by atoms with Gasteiger partial charge in [-0.1, -0.05) is 12.1 Å². The fourth-order valence-corrected chi connectivity index (χ4v) is 1.83. The number of hydrogen-bond donors (Lipinski definition) is 0. The van der Waals surface area contributed by atoms with Crippen molar-refractivity contribution in [3.8, 4) is 0 Å². The van der Waals surface area contributed by atoms with Crippen molar-refractivity contribution in [2.75, 3.05) is 27.2 Å². The fourth-order valence-electron chi connectivity index (χ4n) is 1.83. The number of esters is 1. The van der Waals surface area contributed by atoms with Gasteiger partial charge >= 0.3 is 5.97 Å². The molecule has 21 heavy (non-hydrogen) atoms. The molecule has 1 aromatic rings. The van der Waals surface area contributed by atoms with E-state index >= 15 is 0 Å². The summed E-state index contributed by atoms with van der Waals surface area (Å²) in [6, 6.07) is 6.33. The Hall–Kier alpha value is -2.70. The summed E-state index contributed by atoms with van der Waals surface area (Å²) in [6.07, 6.45) is 0. The summed E-state index contributed by atoms with van der Waals surface area (Å²) >= 11 is 0. The third-order valence-electron chi connectivity index (χ3n) is 3.02. The maximum absolute atomic E-state index is 12.0. The number of amides is 3. The van der Waals surface area contributed by atoms with Crippen LogP contribution in [0.25, 0.3) is 0 Å². The summed E-state index contributed by atoms with van der Waals surface area (Å²) in [5.41, 5.74) is 0.527. The number of carbonyl (C=O) groups excluding carboxylic acids is 4. The van der Waals surface area contributed by atoms with Crippen molar-refractivity contribution in [1.82, 2.24) is 9.80 Å². The third kappa shape index (κ3) is 2.91. The molecule has 0 aromatic heterocycles. The van der Waals surface area contributed by atoms with Gasteiger partial charge < -0.3 is 9.64 Å². The monoisotopic (exact) mass is 290 g/mol. The Labute approximate surface area is 121 Å². The first-order chi connectivity index (χ1) is 9.91. The molecule has 1 aliphatic heterocycles. The highest BCUT2D eigenvalue weighted by atomic mass is 16.5. The summed E-state index contributed by atoms with van der Waals surface area (Å²) in [5.74, 6) is -2.26. The molecular formula is C14H14N2O5. The number of imide groups is 1. The molecule has 1 heterocycles. The van der Waals surface area contributed by atoms with Gasteiger partial charge in [0, 0.05) is 14.1 Å². The fraction of sp³-hybridized carbons (Fsp3) is 0.286. The molecule has 0 aliphatic carbocycles. The SMILES string of the molecule is CN(C)C(=O)COC(=O)CN1C(=O)c2ccccc2C1=O. The summed E-state index contributed by atoms with van der Waals surface area (Å²) in [4.78, 5) is 49.0. The average Bonchev–Trinajstić information content (AvgIpc) is 2.70. The summed E-state index contributed by atoms with van der Waals surface area (Å²) < 4.78 is 4.75. The van der Waals surface area contributed by atoms with Gasteiger partial charge in [-0.3, -0.25) is 24.1 Å². The highest BCUT2D eigenvalue weighted by molar-refractivity contribution is 6.22. The largest absolute Gasteiger partial charge is 0.454 e. The standard InChI is InChI=1S/C14H14N2O5/c1-15(2)11(17)8-21-12(18)7-16-13(19)9-5-3-4-6-10(9)14(16)20/h3-6H,7-8H2,1-2H3. The van der Waals surface area contributed by atoms with Crippen LogP contribution in [0.4, 0.5) is 0 Å². The molecular weight excluding hydrogens is 276 g/mol. The highest BCUT2D eigenvalue weighted by Gasteiger charge is 2.36. The van der Waals surface area contributed by atoms with Gasteiger partial charge in [-0.05, 0) is 12.1 Å². The molecule has 7 nitrogen and oxygen atoms in total. The molecule has 0 saturated heterocycles. The Bertz CT molecular complexity index is 589. The molecule has 0 radical (unpaired) electrons. The third-order valence-corrected chi connectivity index (χ3v) is 3.02. The van der Waals surface area contributed by atoms with Crippen LogP contribution in [0, 0.1) is 0 Å². The van der Waals surface area contributed by atoms with Crippen LogP contribution in [0.1, 0.15) is 20.7 Å². The molecule has 0 unspecified atom stereocenters. The van der Waals surface area contributed by atoms with Crippen LogP contribution in [0.3, 0.4) is 0 Å². The second-order valence-electron chi connectivity index (χ2n) is 4.69. The molecule has 0 N–H and O–H groups in total. The Morgan fingerprint density at radius 2 is 1.62 bits per heavy atom. The van der Waals surface area contributed by atoms with Crippen LogP contribution in [0.2, 0.25) is 0 Å². The van der Waals surface area contributed by atoms with Gasteiger partial charge in [-0.25, -0.2) is 0 Å². The van der Waals surface area contributed by atoms with Crippen LogP contribution in [-0.2, 0) is 14.3 Å². The molecule has 110 valence electrons. The summed E-state index contributed by atoms with van der Waals surface area (Å²) in [6.45, 7) is -0.929. The van der Waals surface area contributed by atoms with E-state index in [1.165, 1.54) is 31.1 Å². The molecule has 0 atom stereocenters. The quantitative estimate of drug-likeness (QED) is 0.572. The average molecular weight is 290 g/mol. The predicted molar refractivity (Wildman–Crippen MR) is 71.5 cm³/mol. The van der Waals surface area contributed by atoms with E-state index in [-0.39, 0.29) is 17.0 Å². The Morgan fingerprint density at radius 1 is 1.10 bits per heavy atom. The van der Waals surface area contributed by atoms with Crippen molar-refractivity contribution in [1.29, 1.82) is 0 Å². The maximum atomic E-state index is 12.0. The predicted octanol–water partition coefficient (Wildman–Crippen LogP) is -0.0860. The van der Waals surface area contributed by atoms with E-state index < -0.39 is 30.9 Å². The second kappa shape index (κ2) is 5.74. The minimum atomic E-state index is -0.806. The van der Waals surface area contributed by atoms with Crippen LogP contribution in [-0.4, -0.2) is 60.7 Å². The van der Waals surface area contributed by atoms with Gasteiger partial charge in [0.15, 0.2) is 6.61 Å². The van der Waals surface area contributed by atoms with Crippen molar-refractivity contribution >= 4 is 23.7 Å². The molecule has 2 rings (SSSR count). The molecule has 7 heteroatoms. The lowest BCUT2D eigenvalue weighted by molar-refractivity contribution is -0.151. The molecule has 0 saturated carbocycles. The van der Waals surface area contributed by atoms with Crippen molar-refractivity contribution in [2.24, 2.45) is 0 Å². The Kier molecular flexibility index (Phi) is 4.02. The molecule has 0 spiro atoms. The van der Waals surface area contributed by atoms with E-state index in [4.69, 9.17) is 4.74 Å². The number of fused-ring (bicyclic) bond motifs is 1. The van der Waals surface area contributed by atoms with E-state index in [2.05, 4.69) is 0 Å². The van der Waals surface area contributed by atoms with Gasteiger partial charge in [-0.15, -0.1) is 0 Å². The van der Waals surface area contributed by atoms with Crippen LogP contribution >= 0.6 is 0 Å². The zero-order valence-electron chi connectivity index (χ0n) is 11.7. The minimum Gasteiger partial charge on any atom is -0.454 e. The number of carbonyl (C=O) groups is 4. The number of nitrogens with zero attached hydrogens (tertiary/aromatic N) is 2. The Morgan fingerprint density at radius 3 is 2.10 bits per heavy atom. The lowest BCUT2D eigenvalue weighted by Gasteiger charge is -2.14. The molecule has 1 aromatic carbocycles. The molecule has 3 amide bonds. The lowest BCUT2D eigenvalue weighted by Crippen LogP contribution is -2.37. The van der Waals surface area contributed by atoms with Crippen LogP contribution in [0.15, 0.2) is 24.3 Å². The van der Waals surface area contributed by atoms with Gasteiger partial charge in [0.05, 0.1) is 11.1 Å². The number of likely N-dealkylation sites (N-methyl/N-ethyl adjacent to an activating group) is 1. The van der Waals surface area contributed by atoms with Gasteiger partial charge in [0.2, 0.25) is 0 Å². The molecule has 1 aliphatic rings. The maximum Gasteiger partial charge on any atom is 0.326 e. The van der Waals surface area contributed by atoms with E-state index in [1.807, 2.05) is 0 Å². The van der Waals surface area contributed by atoms with Crippen molar-refractivity contribution < 1.29 is 23.9 Å². The molecule has 0 bridgehead atoms. The van der Waals surface area contributed by atoms with Crippen LogP contribution < -0.4 is 0 Å². The van der Waals surface area contributed by atoms with Crippen molar-refractivity contribution in [2.45, 2.75) is 0 Å². The highest BCUT2D eigenvalue weighted by Crippen LogP contribution is 2.21. The topological polar surface area (TPSA) is 84.0 Å². The number of benzene rings is 1. The Balaban J connectivity index is 1.99. The van der Waals surface area contributed by atoms with Crippen molar-refractivity contribution in [3.63, 3.8) is 0 Å². The zero-order chi connectivity index (χ0) is 15.6. The first-order valence-corrected chi connectivity index (χ1v) is 6.23. The zero-order valence-corrected chi connectivity index (χ0v) is 11.7. The second-order valence-corrected chi connectivity index (χ2v) is 4.69. The van der Waals surface area contributed by atoms with Gasteiger partial charge in [0.25, 0.3) is 17.7 Å². The normalized spacial score (nSPS) is 13.1. The van der Waals surface area contributed by atoms with Crippen molar-refractivity contribution in [3.05, 3.63) is 35.4 Å².